The molecule has 5 rings (SSSR count). The van der Waals surface area contributed by atoms with Gasteiger partial charge in [0, 0.05) is 30.1 Å². The van der Waals surface area contributed by atoms with Gasteiger partial charge >= 0.3 is 0 Å². The van der Waals surface area contributed by atoms with Gasteiger partial charge in [-0.1, -0.05) is 49.8 Å². The summed E-state index contributed by atoms with van der Waals surface area (Å²) in [6.45, 7) is 5.59. The van der Waals surface area contributed by atoms with E-state index >= 15 is 0 Å². The van der Waals surface area contributed by atoms with Crippen LogP contribution in [-0.2, 0) is 46.4 Å². The molecule has 2 aliphatic heterocycles. The highest BCUT2D eigenvalue weighted by atomic mass is 16.3. The van der Waals surface area contributed by atoms with Crippen LogP contribution in [0.15, 0.2) is 60.3 Å². The Morgan fingerprint density at radius 1 is 0.810 bits per heavy atom. The van der Waals surface area contributed by atoms with Gasteiger partial charge in [-0.3, -0.25) is 33.6 Å². The van der Waals surface area contributed by atoms with Crippen molar-refractivity contribution in [3.8, 4) is 5.75 Å². The number of allylic oxidation sites excluding steroid dienone is 2. The number of H-pyrrole nitrogens is 1. The third-order valence-electron chi connectivity index (χ3n) is 10.2. The number of rotatable bonds is 7. The van der Waals surface area contributed by atoms with Crippen LogP contribution in [-0.4, -0.2) is 112 Å². The average molecular weight is 801 g/mol. The molecule has 2 saturated heterocycles. The highest BCUT2D eigenvalue weighted by Gasteiger charge is 2.37. The number of carbonyl (C=O) groups is 7. The van der Waals surface area contributed by atoms with Gasteiger partial charge in [0.1, 0.15) is 36.0 Å². The normalized spacial score (nSPS) is 22.4. The Hall–Kier alpha value is -6.23. The van der Waals surface area contributed by atoms with E-state index in [0.29, 0.717) is 30.4 Å². The first-order chi connectivity index (χ1) is 27.6. The number of hydrogen-bond donors (Lipinski definition) is 9. The van der Waals surface area contributed by atoms with E-state index in [4.69, 9.17) is 0 Å². The molecule has 9 N–H and O–H groups in total. The summed E-state index contributed by atoms with van der Waals surface area (Å²) in [6, 6.07) is 6.67. The Morgan fingerprint density at radius 3 is 2.17 bits per heavy atom. The number of aromatic amines is 1. The number of carbonyl (C=O) groups excluding carboxylic acids is 7. The third kappa shape index (κ3) is 10.8. The summed E-state index contributed by atoms with van der Waals surface area (Å²) in [5.74, 6) is -5.63. The predicted molar refractivity (Wildman–Crippen MR) is 213 cm³/mol. The number of aromatic nitrogens is 1. The fourth-order valence-electron chi connectivity index (χ4n) is 7.01. The Morgan fingerprint density at radius 2 is 1.47 bits per heavy atom. The van der Waals surface area contributed by atoms with E-state index in [2.05, 4.69) is 36.9 Å². The molecule has 310 valence electrons. The number of aliphatic hydroxyl groups excluding tert-OH is 1. The predicted octanol–water partition coefficient (Wildman–Crippen LogP) is 0.122. The van der Waals surface area contributed by atoms with Crippen LogP contribution in [0.4, 0.5) is 0 Å². The number of aliphatic hydroxyl groups is 1. The molecular weight excluding hydrogens is 748 g/mol. The minimum absolute atomic E-state index is 0.0111. The van der Waals surface area contributed by atoms with E-state index in [-0.39, 0.29) is 24.3 Å². The number of nitrogens with one attached hydrogen (secondary N) is 7. The van der Waals surface area contributed by atoms with Gasteiger partial charge in [-0.15, -0.1) is 0 Å². The first-order valence-electron chi connectivity index (χ1n) is 19.3. The maximum Gasteiger partial charge on any atom is 0.246 e. The van der Waals surface area contributed by atoms with Crippen molar-refractivity contribution in [2.24, 2.45) is 5.92 Å². The summed E-state index contributed by atoms with van der Waals surface area (Å²) in [5.41, 5.74) is 3.11. The number of hydrogen-bond acceptors (Lipinski definition) is 9. The maximum absolute atomic E-state index is 13.8. The summed E-state index contributed by atoms with van der Waals surface area (Å²) in [6.07, 6.45) is 3.03. The number of nitrogens with zero attached hydrogens (tertiary/aromatic N) is 1. The zero-order valence-electron chi connectivity index (χ0n) is 33.0. The van der Waals surface area contributed by atoms with E-state index in [1.165, 1.54) is 23.1 Å². The highest BCUT2D eigenvalue weighted by molar-refractivity contribution is 5.97. The lowest BCUT2D eigenvalue weighted by atomic mass is 9.97. The lowest BCUT2D eigenvalue weighted by Gasteiger charge is -2.27. The minimum atomic E-state index is -1.70. The van der Waals surface area contributed by atoms with E-state index in [0.717, 1.165) is 16.5 Å². The van der Waals surface area contributed by atoms with E-state index < -0.39 is 97.2 Å². The number of phenols is 1. The molecule has 0 aliphatic carbocycles. The molecule has 58 heavy (non-hydrogen) atoms. The van der Waals surface area contributed by atoms with Crippen molar-refractivity contribution in [3.63, 3.8) is 0 Å². The molecule has 0 spiro atoms. The Bertz CT molecular complexity index is 2070. The number of benzene rings is 2. The molecular formula is C41H52N8O9. The van der Waals surface area contributed by atoms with Gasteiger partial charge in [-0.2, -0.15) is 0 Å². The standard InChI is InChI=1S/C41H52N8O9/c1-22(2)11-12-24-16-25(13-14-31(24)50)37(54)36-41(58)44-20-32(51)47-35(23(3)4)40(57)45-21-34(53)49-15-7-10-30(49)39(56)46-29(38(55)43-19-33(52)48-36)17-26-18-42-28-9-6-5-8-27(26)28/h5-6,8-9,11,13-14,16,18,23,29-30,35-37,42,50,54H,7,10,12,15,17,19-21H2,1-4H3,(H,43,55)(H,44,58)(H,45,57)(H,46,56)(H,47,51)(H,48,52)/t29-,30-,35-,36-,37-/m1/s1. The third-order valence-corrected chi connectivity index (χ3v) is 10.2. The largest absolute Gasteiger partial charge is 0.508 e. The van der Waals surface area contributed by atoms with Crippen LogP contribution in [0.25, 0.3) is 10.9 Å². The van der Waals surface area contributed by atoms with Gasteiger partial charge < -0.3 is 52.0 Å². The molecule has 2 aromatic carbocycles. The molecule has 3 aromatic rings. The molecule has 0 saturated carbocycles. The Kier molecular flexibility index (Phi) is 14.3. The lowest BCUT2D eigenvalue weighted by molar-refractivity contribution is -0.140. The van der Waals surface area contributed by atoms with Crippen LogP contribution in [0.5, 0.6) is 5.75 Å². The van der Waals surface area contributed by atoms with Crippen molar-refractivity contribution < 1.29 is 43.8 Å². The molecule has 3 heterocycles. The minimum Gasteiger partial charge on any atom is -0.508 e. The van der Waals surface area contributed by atoms with Crippen LogP contribution in [0.2, 0.25) is 0 Å². The van der Waals surface area contributed by atoms with Crippen LogP contribution in [0, 0.1) is 5.92 Å². The van der Waals surface area contributed by atoms with Gasteiger partial charge in [0.05, 0.1) is 19.6 Å². The first-order valence-corrected chi connectivity index (χ1v) is 19.3. The van der Waals surface area contributed by atoms with Gasteiger partial charge in [0.25, 0.3) is 0 Å². The highest BCUT2D eigenvalue weighted by Crippen LogP contribution is 2.26. The summed E-state index contributed by atoms with van der Waals surface area (Å²) in [4.78, 5) is 99.0. The zero-order valence-corrected chi connectivity index (χ0v) is 33.0. The maximum atomic E-state index is 13.8. The molecule has 17 nitrogen and oxygen atoms in total. The molecule has 7 amide bonds. The number of aromatic hydroxyl groups is 1. The number of fused-ring (bicyclic) bond motifs is 2. The summed E-state index contributed by atoms with van der Waals surface area (Å²) in [7, 11) is 0. The number of phenolic OH excluding ortho intramolecular Hbond substituents is 1. The quantitative estimate of drug-likeness (QED) is 0.147. The van der Waals surface area contributed by atoms with Crippen LogP contribution in [0.1, 0.15) is 63.3 Å². The molecule has 0 radical (unpaired) electrons. The summed E-state index contributed by atoms with van der Waals surface area (Å²) in [5, 5.41) is 38.1. The van der Waals surface area contributed by atoms with Crippen molar-refractivity contribution in [1.82, 2.24) is 41.8 Å². The van der Waals surface area contributed by atoms with Crippen molar-refractivity contribution in [1.29, 1.82) is 0 Å². The van der Waals surface area contributed by atoms with Gasteiger partial charge in [-0.05, 0) is 73.9 Å². The fraction of sp³-hybridized carbons (Fsp3) is 0.439. The SMILES string of the molecule is CC(C)=CCc1cc([C@@H](O)[C@H]2NC(=O)CNC(=O)[C@@H](Cc3c[nH]c4ccccc34)NC(=O)[C@H]3CCCN3C(=O)CNC(=O)[C@@H](C(C)C)NC(=O)CNC2=O)ccc1O. The van der Waals surface area contributed by atoms with E-state index in [9.17, 15) is 43.8 Å². The fourth-order valence-corrected chi connectivity index (χ4v) is 7.01. The molecule has 1 aromatic heterocycles. The van der Waals surface area contributed by atoms with Crippen molar-refractivity contribution in [3.05, 3.63) is 77.0 Å². The number of amides is 7. The van der Waals surface area contributed by atoms with Crippen LogP contribution in [0.3, 0.4) is 0 Å². The number of para-hydroxylation sites is 1. The van der Waals surface area contributed by atoms with Gasteiger partial charge in [0.15, 0.2) is 0 Å². The second kappa shape index (κ2) is 19.3. The Balaban J connectivity index is 1.45. The topological polar surface area (TPSA) is 251 Å². The zero-order chi connectivity index (χ0) is 42.1. The summed E-state index contributed by atoms with van der Waals surface area (Å²) < 4.78 is 0. The van der Waals surface area contributed by atoms with E-state index in [1.54, 1.807) is 20.0 Å². The van der Waals surface area contributed by atoms with Crippen LogP contribution < -0.4 is 31.9 Å². The average Bonchev–Trinajstić information content (AvgIpc) is 3.86. The molecule has 2 aliphatic rings. The van der Waals surface area contributed by atoms with Crippen molar-refractivity contribution in [2.45, 2.75) is 83.6 Å². The van der Waals surface area contributed by atoms with Gasteiger partial charge in [0.2, 0.25) is 41.4 Å². The molecule has 5 atom stereocenters. The smallest absolute Gasteiger partial charge is 0.246 e. The van der Waals surface area contributed by atoms with Crippen molar-refractivity contribution >= 4 is 52.3 Å². The molecule has 17 heteroatoms. The monoisotopic (exact) mass is 800 g/mol. The lowest BCUT2D eigenvalue weighted by Crippen LogP contribution is -2.56. The Labute approximate surface area is 335 Å². The second-order valence-corrected chi connectivity index (χ2v) is 15.2. The molecule has 2 fully saturated rings. The molecule has 0 unspecified atom stereocenters. The van der Waals surface area contributed by atoms with Gasteiger partial charge in [-0.25, -0.2) is 0 Å². The second-order valence-electron chi connectivity index (χ2n) is 15.2. The van der Waals surface area contributed by atoms with Crippen LogP contribution >= 0.6 is 0 Å². The van der Waals surface area contributed by atoms with Crippen molar-refractivity contribution in [2.75, 3.05) is 26.2 Å². The summed E-state index contributed by atoms with van der Waals surface area (Å²) >= 11 is 0. The van der Waals surface area contributed by atoms with E-state index in [1.807, 2.05) is 44.2 Å². The first kappa shape index (κ1) is 42.9. The molecule has 0 bridgehead atoms.